The summed E-state index contributed by atoms with van der Waals surface area (Å²) in [4.78, 5) is 2.28. The van der Waals surface area contributed by atoms with E-state index in [9.17, 15) is 4.39 Å². The molecule has 1 N–H and O–H groups in total. The van der Waals surface area contributed by atoms with Crippen molar-refractivity contribution in [1.82, 2.24) is 10.2 Å². The van der Waals surface area contributed by atoms with Crippen LogP contribution in [-0.4, -0.2) is 31.1 Å². The first-order valence-electron chi connectivity index (χ1n) is 7.20. The van der Waals surface area contributed by atoms with Crippen LogP contribution in [0.5, 0.6) is 0 Å². The van der Waals surface area contributed by atoms with E-state index in [0.29, 0.717) is 11.4 Å². The van der Waals surface area contributed by atoms with Crippen molar-refractivity contribution in [3.63, 3.8) is 0 Å². The zero-order valence-corrected chi connectivity index (χ0v) is 12.5. The van der Waals surface area contributed by atoms with Crippen molar-refractivity contribution >= 4 is 10.8 Å². The number of fused-ring (bicyclic) bond motifs is 1. The van der Waals surface area contributed by atoms with Gasteiger partial charge in [0.2, 0.25) is 0 Å². The molecule has 20 heavy (non-hydrogen) atoms. The Morgan fingerprint density at radius 2 is 1.85 bits per heavy atom. The summed E-state index contributed by atoms with van der Waals surface area (Å²) in [6.45, 7) is 7.15. The molecule has 1 unspecified atom stereocenters. The van der Waals surface area contributed by atoms with Crippen LogP contribution in [-0.2, 0) is 6.54 Å². The minimum Gasteiger partial charge on any atom is -0.309 e. The summed E-state index contributed by atoms with van der Waals surface area (Å²) in [6.07, 6.45) is 0. The Bertz CT molecular complexity index is 568. The third kappa shape index (κ3) is 3.56. The smallest absolute Gasteiger partial charge is 0.131 e. The Hall–Kier alpha value is -1.45. The average Bonchev–Trinajstić information content (AvgIpc) is 2.46. The summed E-state index contributed by atoms with van der Waals surface area (Å²) in [5.74, 6) is -0.150. The minimum absolute atomic E-state index is 0.150. The molecule has 0 aliphatic heterocycles. The highest BCUT2D eigenvalue weighted by atomic mass is 19.1. The van der Waals surface area contributed by atoms with Crippen LogP contribution in [0.1, 0.15) is 19.4 Å². The van der Waals surface area contributed by atoms with Gasteiger partial charge in [0.25, 0.3) is 0 Å². The van der Waals surface area contributed by atoms with Gasteiger partial charge in [-0.1, -0.05) is 37.3 Å². The molecule has 0 spiro atoms. The first-order chi connectivity index (χ1) is 9.61. The Labute approximate surface area is 120 Å². The lowest BCUT2D eigenvalue weighted by Gasteiger charge is -2.21. The van der Waals surface area contributed by atoms with E-state index in [2.05, 4.69) is 31.1 Å². The molecular weight excluding hydrogens is 251 g/mol. The molecule has 0 aliphatic carbocycles. The van der Waals surface area contributed by atoms with Crippen LogP contribution >= 0.6 is 0 Å². The SMILES string of the molecule is CCN(C)CC(C)NCc1ccc(F)c2ccccc12. The quantitative estimate of drug-likeness (QED) is 0.868. The monoisotopic (exact) mass is 274 g/mol. The molecule has 0 bridgehead atoms. The average molecular weight is 274 g/mol. The number of hydrogen-bond donors (Lipinski definition) is 1. The van der Waals surface area contributed by atoms with Crippen molar-refractivity contribution in [3.8, 4) is 0 Å². The third-order valence-electron chi connectivity index (χ3n) is 3.73. The van der Waals surface area contributed by atoms with E-state index in [-0.39, 0.29) is 5.82 Å². The van der Waals surface area contributed by atoms with Crippen LogP contribution in [0, 0.1) is 5.82 Å². The number of likely N-dealkylation sites (N-methyl/N-ethyl adjacent to an activating group) is 1. The molecule has 2 nitrogen and oxygen atoms in total. The van der Waals surface area contributed by atoms with Crippen molar-refractivity contribution in [3.05, 3.63) is 47.8 Å². The lowest BCUT2D eigenvalue weighted by molar-refractivity contribution is 0.309. The number of benzene rings is 2. The first kappa shape index (κ1) is 14.9. The predicted octanol–water partition coefficient (Wildman–Crippen LogP) is 3.41. The summed E-state index contributed by atoms with van der Waals surface area (Å²) >= 11 is 0. The van der Waals surface area contributed by atoms with Gasteiger partial charge in [-0.3, -0.25) is 0 Å². The second kappa shape index (κ2) is 6.82. The maximum Gasteiger partial charge on any atom is 0.131 e. The van der Waals surface area contributed by atoms with E-state index in [0.717, 1.165) is 30.6 Å². The number of nitrogens with zero attached hydrogens (tertiary/aromatic N) is 1. The topological polar surface area (TPSA) is 15.3 Å². The molecule has 2 aromatic rings. The van der Waals surface area contributed by atoms with Gasteiger partial charge in [-0.2, -0.15) is 0 Å². The fraction of sp³-hybridized carbons (Fsp3) is 0.412. The second-order valence-electron chi connectivity index (χ2n) is 5.39. The normalized spacial score (nSPS) is 13.1. The van der Waals surface area contributed by atoms with Crippen LogP contribution < -0.4 is 5.32 Å². The van der Waals surface area contributed by atoms with E-state index in [1.807, 2.05) is 30.3 Å². The summed E-state index contributed by atoms with van der Waals surface area (Å²) in [6, 6.07) is 11.5. The Morgan fingerprint density at radius 1 is 1.15 bits per heavy atom. The largest absolute Gasteiger partial charge is 0.309 e. The number of rotatable bonds is 6. The van der Waals surface area contributed by atoms with E-state index < -0.39 is 0 Å². The molecule has 0 saturated heterocycles. The molecule has 2 aromatic carbocycles. The van der Waals surface area contributed by atoms with Crippen LogP contribution in [0.2, 0.25) is 0 Å². The lowest BCUT2D eigenvalue weighted by atomic mass is 10.0. The van der Waals surface area contributed by atoms with Crippen molar-refractivity contribution in [1.29, 1.82) is 0 Å². The number of halogens is 1. The van der Waals surface area contributed by atoms with Gasteiger partial charge in [0.05, 0.1) is 0 Å². The first-order valence-corrected chi connectivity index (χ1v) is 7.20. The summed E-state index contributed by atoms with van der Waals surface area (Å²) in [5.41, 5.74) is 1.15. The third-order valence-corrected chi connectivity index (χ3v) is 3.73. The van der Waals surface area contributed by atoms with Crippen LogP contribution in [0.3, 0.4) is 0 Å². The fourth-order valence-electron chi connectivity index (χ4n) is 2.42. The van der Waals surface area contributed by atoms with Crippen molar-refractivity contribution in [2.45, 2.75) is 26.4 Å². The zero-order valence-electron chi connectivity index (χ0n) is 12.5. The van der Waals surface area contributed by atoms with E-state index in [4.69, 9.17) is 0 Å². The Morgan fingerprint density at radius 3 is 2.55 bits per heavy atom. The highest BCUT2D eigenvalue weighted by Crippen LogP contribution is 2.21. The van der Waals surface area contributed by atoms with Gasteiger partial charge in [0.1, 0.15) is 5.82 Å². The molecule has 0 aliphatic rings. The van der Waals surface area contributed by atoms with Crippen molar-refractivity contribution in [2.24, 2.45) is 0 Å². The molecule has 3 heteroatoms. The lowest BCUT2D eigenvalue weighted by Crippen LogP contribution is -2.36. The predicted molar refractivity (Wildman–Crippen MR) is 83.4 cm³/mol. The second-order valence-corrected chi connectivity index (χ2v) is 5.39. The maximum absolute atomic E-state index is 13.8. The Balaban J connectivity index is 2.09. The molecule has 2 rings (SSSR count). The molecular formula is C17H23FN2. The van der Waals surface area contributed by atoms with Crippen LogP contribution in [0.25, 0.3) is 10.8 Å². The number of nitrogens with one attached hydrogen (secondary N) is 1. The molecule has 0 heterocycles. The molecule has 0 aromatic heterocycles. The van der Waals surface area contributed by atoms with Crippen LogP contribution in [0.4, 0.5) is 4.39 Å². The minimum atomic E-state index is -0.150. The standard InChI is InChI=1S/C17H23FN2/c1-4-20(3)12-13(2)19-11-14-9-10-17(18)16-8-6-5-7-15(14)16/h5-10,13,19H,4,11-12H2,1-3H3. The number of hydrogen-bond acceptors (Lipinski definition) is 2. The highest BCUT2D eigenvalue weighted by Gasteiger charge is 2.08. The fourth-order valence-corrected chi connectivity index (χ4v) is 2.42. The molecule has 0 fully saturated rings. The zero-order chi connectivity index (χ0) is 14.5. The molecule has 0 radical (unpaired) electrons. The van der Waals surface area contributed by atoms with E-state index in [1.54, 1.807) is 6.07 Å². The van der Waals surface area contributed by atoms with Gasteiger partial charge in [-0.25, -0.2) is 4.39 Å². The van der Waals surface area contributed by atoms with Gasteiger partial charge >= 0.3 is 0 Å². The van der Waals surface area contributed by atoms with Gasteiger partial charge in [-0.05, 0) is 37.5 Å². The Kier molecular flexibility index (Phi) is 5.10. The van der Waals surface area contributed by atoms with Gasteiger partial charge < -0.3 is 10.2 Å². The summed E-state index contributed by atoms with van der Waals surface area (Å²) in [5, 5.41) is 5.21. The molecule has 108 valence electrons. The van der Waals surface area contributed by atoms with Crippen LogP contribution in [0.15, 0.2) is 36.4 Å². The van der Waals surface area contributed by atoms with Crippen molar-refractivity contribution in [2.75, 3.05) is 20.1 Å². The van der Waals surface area contributed by atoms with Gasteiger partial charge in [-0.15, -0.1) is 0 Å². The van der Waals surface area contributed by atoms with E-state index >= 15 is 0 Å². The molecule has 0 amide bonds. The highest BCUT2D eigenvalue weighted by molar-refractivity contribution is 5.86. The molecule has 0 saturated carbocycles. The maximum atomic E-state index is 13.8. The molecule has 1 atom stereocenters. The van der Waals surface area contributed by atoms with Crippen molar-refractivity contribution < 1.29 is 4.39 Å². The van der Waals surface area contributed by atoms with E-state index in [1.165, 1.54) is 0 Å². The summed E-state index contributed by atoms with van der Waals surface area (Å²) < 4.78 is 13.8. The van der Waals surface area contributed by atoms with Gasteiger partial charge in [0, 0.05) is 24.5 Å². The summed E-state index contributed by atoms with van der Waals surface area (Å²) in [7, 11) is 2.12. The van der Waals surface area contributed by atoms with Gasteiger partial charge in [0.15, 0.2) is 0 Å².